The van der Waals surface area contributed by atoms with Crippen molar-refractivity contribution in [3.8, 4) is 0 Å². The Kier molecular flexibility index (Phi) is 8.22. The Hall–Kier alpha value is 1.84. The number of rotatable bonds is 4. The summed E-state index contributed by atoms with van der Waals surface area (Å²) in [7, 11) is 4.36. The molecular weight excluding hydrogens is 399 g/mol. The summed E-state index contributed by atoms with van der Waals surface area (Å²) in [5, 5.41) is 0. The van der Waals surface area contributed by atoms with Crippen molar-refractivity contribution >= 4 is 69.0 Å². The molecule has 130 valence electrons. The van der Waals surface area contributed by atoms with Gasteiger partial charge in [-0.25, -0.2) is 0 Å². The molecule has 0 amide bonds. The van der Waals surface area contributed by atoms with Crippen LogP contribution in [-0.4, -0.2) is 69.0 Å². The van der Waals surface area contributed by atoms with Gasteiger partial charge in [0.05, 0.1) is 8.16 Å². The number of hydrogen-bond acceptors (Lipinski definition) is 5. The Balaban J connectivity index is 0.00000176. The molecule has 0 aromatic heterocycles. The third-order valence-electron chi connectivity index (χ3n) is 4.75. The first-order valence-corrected chi connectivity index (χ1v) is 11.9. The van der Waals surface area contributed by atoms with Gasteiger partial charge in [0.15, 0.2) is 0 Å². The average Bonchev–Trinajstić information content (AvgIpc) is 2.84. The molecule has 3 rings (SSSR count). The number of halogens is 3. The van der Waals surface area contributed by atoms with E-state index in [-0.39, 0.29) is 12.4 Å². The lowest BCUT2D eigenvalue weighted by Crippen LogP contribution is -2.43. The standard InChI is InChI=1S/C14H24Cl2N2S3.ClH/c15-5-11-17-7-1-13(2-8-17)19-14(21-20-13)3-9-18(10-4-14)12-6-16;/h1-12H2;1H. The molecule has 0 atom stereocenters. The highest BCUT2D eigenvalue weighted by Gasteiger charge is 2.52. The maximum atomic E-state index is 5.87. The summed E-state index contributed by atoms with van der Waals surface area (Å²) in [6, 6.07) is 0. The minimum absolute atomic E-state index is 0. The first kappa shape index (κ1) is 20.2. The summed E-state index contributed by atoms with van der Waals surface area (Å²) < 4.78 is 0.949. The van der Waals surface area contributed by atoms with Crippen LogP contribution in [-0.2, 0) is 0 Å². The van der Waals surface area contributed by atoms with Gasteiger partial charge in [-0.05, 0) is 25.7 Å². The van der Waals surface area contributed by atoms with E-state index in [4.69, 9.17) is 23.2 Å². The minimum atomic E-state index is 0. The number of alkyl halides is 2. The number of hydrogen-bond donors (Lipinski definition) is 0. The fraction of sp³-hybridized carbons (Fsp3) is 1.00. The lowest BCUT2D eigenvalue weighted by atomic mass is 10.1. The second kappa shape index (κ2) is 8.98. The topological polar surface area (TPSA) is 6.48 Å². The van der Waals surface area contributed by atoms with E-state index in [1.54, 1.807) is 0 Å². The Bertz CT molecular complexity index is 314. The van der Waals surface area contributed by atoms with Gasteiger partial charge < -0.3 is 9.80 Å². The van der Waals surface area contributed by atoms with Crippen LogP contribution in [0.4, 0.5) is 0 Å². The van der Waals surface area contributed by atoms with Gasteiger partial charge in [-0.2, -0.15) is 0 Å². The van der Waals surface area contributed by atoms with E-state index in [9.17, 15) is 0 Å². The highest BCUT2D eigenvalue weighted by Crippen LogP contribution is 2.70. The van der Waals surface area contributed by atoms with Gasteiger partial charge in [0, 0.05) is 51.0 Å². The van der Waals surface area contributed by atoms with E-state index in [0.29, 0.717) is 8.16 Å². The summed E-state index contributed by atoms with van der Waals surface area (Å²) in [6.45, 7) is 7.00. The normalized spacial score (nSPS) is 28.1. The summed E-state index contributed by atoms with van der Waals surface area (Å²) in [6.07, 6.45) is 5.28. The second-order valence-corrected chi connectivity index (χ2v) is 12.1. The van der Waals surface area contributed by atoms with Gasteiger partial charge in [-0.3, -0.25) is 0 Å². The molecule has 0 aliphatic carbocycles. The molecule has 2 spiro atoms. The first-order valence-electron chi connectivity index (χ1n) is 7.83. The number of thioether (sulfide) groups is 1. The van der Waals surface area contributed by atoms with Gasteiger partial charge in [0.2, 0.25) is 0 Å². The van der Waals surface area contributed by atoms with Crippen molar-refractivity contribution < 1.29 is 0 Å². The van der Waals surface area contributed by atoms with Crippen LogP contribution in [0.25, 0.3) is 0 Å². The molecule has 0 N–H and O–H groups in total. The van der Waals surface area contributed by atoms with Crippen molar-refractivity contribution in [2.45, 2.75) is 33.8 Å². The lowest BCUT2D eigenvalue weighted by molar-refractivity contribution is 0.232. The molecule has 3 aliphatic heterocycles. The van der Waals surface area contributed by atoms with Gasteiger partial charge >= 0.3 is 0 Å². The predicted molar refractivity (Wildman–Crippen MR) is 108 cm³/mol. The SMILES string of the molecule is Cl.ClCCN1CCC2(CC1)SSC1(CCN(CCCl)CC1)S2. The van der Waals surface area contributed by atoms with Crippen LogP contribution in [0.1, 0.15) is 25.7 Å². The van der Waals surface area contributed by atoms with Gasteiger partial charge in [-0.1, -0.05) is 21.6 Å². The summed E-state index contributed by atoms with van der Waals surface area (Å²) in [5.41, 5.74) is 0. The third-order valence-corrected chi connectivity index (χ3v) is 12.0. The molecular formula is C14H25Cl3N2S3. The second-order valence-electron chi connectivity index (χ2n) is 6.15. The fourth-order valence-corrected chi connectivity index (χ4v) is 10.8. The maximum absolute atomic E-state index is 5.87. The van der Waals surface area contributed by atoms with Crippen LogP contribution in [0.15, 0.2) is 0 Å². The zero-order chi connectivity index (χ0) is 14.8. The van der Waals surface area contributed by atoms with Crippen molar-refractivity contribution in [2.24, 2.45) is 0 Å². The van der Waals surface area contributed by atoms with E-state index in [1.165, 1.54) is 51.9 Å². The van der Waals surface area contributed by atoms with Crippen molar-refractivity contribution in [3.05, 3.63) is 0 Å². The smallest absolute Gasteiger partial charge is 0.0753 e. The van der Waals surface area contributed by atoms with Crippen molar-refractivity contribution in [1.29, 1.82) is 0 Å². The molecule has 2 nitrogen and oxygen atoms in total. The highest BCUT2D eigenvalue weighted by molar-refractivity contribution is 8.83. The Morgan fingerprint density at radius 3 is 1.41 bits per heavy atom. The van der Waals surface area contributed by atoms with Crippen LogP contribution >= 0.6 is 69.0 Å². The molecule has 0 aromatic carbocycles. The monoisotopic (exact) mass is 422 g/mol. The van der Waals surface area contributed by atoms with Gasteiger partial charge in [0.25, 0.3) is 0 Å². The molecule has 0 saturated carbocycles. The molecule has 0 bridgehead atoms. The van der Waals surface area contributed by atoms with Crippen molar-refractivity contribution in [2.75, 3.05) is 51.0 Å². The largest absolute Gasteiger partial charge is 0.302 e. The van der Waals surface area contributed by atoms with E-state index in [0.717, 1.165) is 24.8 Å². The molecule has 8 heteroatoms. The number of likely N-dealkylation sites (tertiary alicyclic amines) is 2. The number of nitrogens with zero attached hydrogens (tertiary/aromatic N) is 2. The van der Waals surface area contributed by atoms with Crippen LogP contribution in [0.5, 0.6) is 0 Å². The van der Waals surface area contributed by atoms with Crippen LogP contribution in [0.3, 0.4) is 0 Å². The summed E-state index contributed by atoms with van der Waals surface area (Å²) in [4.78, 5) is 5.05. The van der Waals surface area contributed by atoms with Crippen LogP contribution in [0, 0.1) is 0 Å². The first-order chi connectivity index (χ1) is 10.2. The fourth-order valence-electron chi connectivity index (χ4n) is 3.37. The number of piperidine rings is 2. The van der Waals surface area contributed by atoms with Crippen LogP contribution in [0.2, 0.25) is 0 Å². The highest BCUT2D eigenvalue weighted by atomic mass is 35.5. The van der Waals surface area contributed by atoms with Gasteiger partial charge in [0.1, 0.15) is 0 Å². The van der Waals surface area contributed by atoms with Crippen molar-refractivity contribution in [3.63, 3.8) is 0 Å². The zero-order valence-corrected chi connectivity index (χ0v) is 17.5. The van der Waals surface area contributed by atoms with E-state index in [1.807, 2.05) is 0 Å². The van der Waals surface area contributed by atoms with Crippen molar-refractivity contribution in [1.82, 2.24) is 9.80 Å². The molecule has 3 fully saturated rings. The molecule has 3 saturated heterocycles. The zero-order valence-electron chi connectivity index (χ0n) is 12.8. The molecule has 3 aliphatic rings. The Morgan fingerprint density at radius 2 is 1.09 bits per heavy atom. The third kappa shape index (κ3) is 4.72. The van der Waals surface area contributed by atoms with Gasteiger partial charge in [-0.15, -0.1) is 47.4 Å². The summed E-state index contributed by atoms with van der Waals surface area (Å²) >= 11 is 14.0. The minimum Gasteiger partial charge on any atom is -0.302 e. The molecule has 3 heterocycles. The lowest BCUT2D eigenvalue weighted by Gasteiger charge is -2.41. The molecule has 0 aromatic rings. The molecule has 22 heavy (non-hydrogen) atoms. The van der Waals surface area contributed by atoms with E-state index >= 15 is 0 Å². The Morgan fingerprint density at radius 1 is 0.727 bits per heavy atom. The maximum Gasteiger partial charge on any atom is 0.0753 e. The van der Waals surface area contributed by atoms with E-state index in [2.05, 4.69) is 43.1 Å². The molecule has 0 unspecified atom stereocenters. The Labute approximate surface area is 163 Å². The van der Waals surface area contributed by atoms with E-state index < -0.39 is 0 Å². The predicted octanol–water partition coefficient (Wildman–Crippen LogP) is 4.60. The summed E-state index contributed by atoms with van der Waals surface area (Å²) in [5.74, 6) is 1.53. The average molecular weight is 424 g/mol. The van der Waals surface area contributed by atoms with Crippen LogP contribution < -0.4 is 0 Å². The molecule has 0 radical (unpaired) electrons. The quantitative estimate of drug-likeness (QED) is 0.480.